The minimum absolute atomic E-state index is 0.0281. The van der Waals surface area contributed by atoms with Crippen LogP contribution in [0.1, 0.15) is 26.2 Å². The molecule has 1 rings (SSSR count). The van der Waals surface area contributed by atoms with Crippen molar-refractivity contribution in [2.24, 2.45) is 5.92 Å². The first-order chi connectivity index (χ1) is 9.32. The summed E-state index contributed by atoms with van der Waals surface area (Å²) in [5.41, 5.74) is 0. The molecule has 0 saturated carbocycles. The van der Waals surface area contributed by atoms with Crippen LogP contribution in [0.15, 0.2) is 0 Å². The zero-order chi connectivity index (χ0) is 15.3. The molecule has 1 amide bonds. The van der Waals surface area contributed by atoms with Gasteiger partial charge in [0.15, 0.2) is 5.12 Å². The zero-order valence-electron chi connectivity index (χ0n) is 11.1. The van der Waals surface area contributed by atoms with Gasteiger partial charge in [-0.2, -0.15) is 0 Å². The number of carbonyl (C=O) groups is 4. The van der Waals surface area contributed by atoms with E-state index in [-0.39, 0.29) is 36.7 Å². The second-order valence-electron chi connectivity index (χ2n) is 4.60. The summed E-state index contributed by atoms with van der Waals surface area (Å²) in [6.45, 7) is 1.30. The standard InChI is InChI=1S/C12H17NO6S/c1-7(14)20-5-4-10(15)13-6-8(11(16)17)2-3-9(13)12(18)19/h8-9H,2-6H2,1H3,(H,16,17)(H,18,19). The molecule has 7 nitrogen and oxygen atoms in total. The number of carboxylic acid groups (broad SMARTS) is 2. The number of hydrogen-bond donors (Lipinski definition) is 2. The maximum absolute atomic E-state index is 12.0. The van der Waals surface area contributed by atoms with Crippen LogP contribution in [-0.4, -0.2) is 56.4 Å². The average molecular weight is 303 g/mol. The molecule has 1 fully saturated rings. The van der Waals surface area contributed by atoms with E-state index in [1.807, 2.05) is 0 Å². The van der Waals surface area contributed by atoms with E-state index in [2.05, 4.69) is 0 Å². The molecule has 0 aromatic carbocycles. The van der Waals surface area contributed by atoms with Gasteiger partial charge in [-0.1, -0.05) is 11.8 Å². The van der Waals surface area contributed by atoms with Gasteiger partial charge in [0.05, 0.1) is 5.92 Å². The summed E-state index contributed by atoms with van der Waals surface area (Å²) in [5, 5.41) is 18.0. The van der Waals surface area contributed by atoms with E-state index in [9.17, 15) is 19.2 Å². The maximum atomic E-state index is 12.0. The summed E-state index contributed by atoms with van der Waals surface area (Å²) in [6, 6.07) is -0.972. The fraction of sp³-hybridized carbons (Fsp3) is 0.667. The number of amides is 1. The van der Waals surface area contributed by atoms with Crippen LogP contribution >= 0.6 is 11.8 Å². The molecule has 1 aliphatic rings. The molecule has 0 aromatic heterocycles. The van der Waals surface area contributed by atoms with Crippen LogP contribution in [0, 0.1) is 5.92 Å². The van der Waals surface area contributed by atoms with Gasteiger partial charge >= 0.3 is 11.9 Å². The first kappa shape index (κ1) is 16.5. The number of carbonyl (C=O) groups excluding carboxylic acids is 2. The molecule has 0 aliphatic carbocycles. The Kier molecular flexibility index (Phi) is 6.00. The number of carboxylic acids is 2. The largest absolute Gasteiger partial charge is 0.481 e. The van der Waals surface area contributed by atoms with Gasteiger partial charge in [-0.25, -0.2) is 4.79 Å². The predicted octanol–water partition coefficient (Wildman–Crippen LogP) is 0.433. The topological polar surface area (TPSA) is 112 Å². The molecule has 1 aliphatic heterocycles. The van der Waals surface area contributed by atoms with Gasteiger partial charge < -0.3 is 15.1 Å². The SMILES string of the molecule is CC(=O)SCCC(=O)N1CC(C(=O)O)CCC1C(=O)O. The summed E-state index contributed by atoms with van der Waals surface area (Å²) in [4.78, 5) is 46.0. The number of hydrogen-bond acceptors (Lipinski definition) is 5. The van der Waals surface area contributed by atoms with Crippen LogP contribution in [-0.2, 0) is 19.2 Å². The van der Waals surface area contributed by atoms with Gasteiger partial charge in [0, 0.05) is 25.6 Å². The predicted molar refractivity (Wildman–Crippen MR) is 71.3 cm³/mol. The highest BCUT2D eigenvalue weighted by Crippen LogP contribution is 2.23. The van der Waals surface area contributed by atoms with E-state index in [1.54, 1.807) is 0 Å². The zero-order valence-corrected chi connectivity index (χ0v) is 11.9. The Morgan fingerprint density at radius 1 is 1.15 bits per heavy atom. The van der Waals surface area contributed by atoms with Crippen LogP contribution in [0.4, 0.5) is 0 Å². The van der Waals surface area contributed by atoms with Crippen molar-refractivity contribution in [2.45, 2.75) is 32.2 Å². The second-order valence-corrected chi connectivity index (χ2v) is 5.87. The molecule has 0 aromatic rings. The van der Waals surface area contributed by atoms with Crippen molar-refractivity contribution in [2.75, 3.05) is 12.3 Å². The molecule has 1 heterocycles. The Morgan fingerprint density at radius 2 is 1.80 bits per heavy atom. The molecule has 2 atom stereocenters. The molecule has 8 heteroatoms. The lowest BCUT2D eigenvalue weighted by Crippen LogP contribution is -2.52. The molecule has 1 saturated heterocycles. The minimum Gasteiger partial charge on any atom is -0.481 e. The average Bonchev–Trinajstić information content (AvgIpc) is 2.37. The van der Waals surface area contributed by atoms with Crippen LogP contribution in [0.25, 0.3) is 0 Å². The number of nitrogens with zero attached hydrogens (tertiary/aromatic N) is 1. The number of thioether (sulfide) groups is 1. The van der Waals surface area contributed by atoms with Crippen LogP contribution in [0.5, 0.6) is 0 Å². The van der Waals surface area contributed by atoms with Gasteiger partial charge in [0.1, 0.15) is 6.04 Å². The van der Waals surface area contributed by atoms with Crippen molar-refractivity contribution in [1.29, 1.82) is 0 Å². The monoisotopic (exact) mass is 303 g/mol. The molecule has 0 spiro atoms. The molecule has 20 heavy (non-hydrogen) atoms. The van der Waals surface area contributed by atoms with Gasteiger partial charge in [0.2, 0.25) is 5.91 Å². The molecule has 0 bridgehead atoms. The second kappa shape index (κ2) is 7.28. The lowest BCUT2D eigenvalue weighted by atomic mass is 9.92. The summed E-state index contributed by atoms with van der Waals surface area (Å²) < 4.78 is 0. The van der Waals surface area contributed by atoms with Gasteiger partial charge in [0.25, 0.3) is 0 Å². The Balaban J connectivity index is 2.68. The van der Waals surface area contributed by atoms with E-state index in [1.165, 1.54) is 6.92 Å². The van der Waals surface area contributed by atoms with E-state index in [0.29, 0.717) is 0 Å². The van der Waals surface area contributed by atoms with Crippen molar-refractivity contribution >= 4 is 34.7 Å². The fourth-order valence-corrected chi connectivity index (χ4v) is 2.69. The molecule has 0 radical (unpaired) electrons. The Labute approximate surface area is 120 Å². The number of aliphatic carboxylic acids is 2. The van der Waals surface area contributed by atoms with E-state index < -0.39 is 29.8 Å². The van der Waals surface area contributed by atoms with E-state index >= 15 is 0 Å². The van der Waals surface area contributed by atoms with Crippen LogP contribution in [0.2, 0.25) is 0 Å². The quantitative estimate of drug-likeness (QED) is 0.757. The van der Waals surface area contributed by atoms with E-state index in [4.69, 9.17) is 10.2 Å². The first-order valence-electron chi connectivity index (χ1n) is 6.21. The lowest BCUT2D eigenvalue weighted by Gasteiger charge is -2.36. The summed E-state index contributed by atoms with van der Waals surface area (Å²) in [5.74, 6) is -3.02. The normalized spacial score (nSPS) is 22.4. The maximum Gasteiger partial charge on any atom is 0.326 e. The third-order valence-electron chi connectivity index (χ3n) is 3.16. The van der Waals surface area contributed by atoms with E-state index in [0.717, 1.165) is 16.7 Å². The fourth-order valence-electron chi connectivity index (χ4n) is 2.13. The number of likely N-dealkylation sites (tertiary alicyclic amines) is 1. The number of piperidine rings is 1. The molecule has 2 N–H and O–H groups in total. The van der Waals surface area contributed by atoms with Crippen LogP contribution in [0.3, 0.4) is 0 Å². The number of rotatable bonds is 5. The van der Waals surface area contributed by atoms with Crippen molar-refractivity contribution in [3.05, 3.63) is 0 Å². The van der Waals surface area contributed by atoms with Crippen molar-refractivity contribution in [3.63, 3.8) is 0 Å². The summed E-state index contributed by atoms with van der Waals surface area (Å²) in [7, 11) is 0. The highest BCUT2D eigenvalue weighted by molar-refractivity contribution is 8.13. The molecular formula is C12H17NO6S. The lowest BCUT2D eigenvalue weighted by molar-refractivity contribution is -0.157. The summed E-state index contributed by atoms with van der Waals surface area (Å²) >= 11 is 0.990. The Morgan fingerprint density at radius 3 is 2.30 bits per heavy atom. The minimum atomic E-state index is -1.12. The van der Waals surface area contributed by atoms with Gasteiger partial charge in [-0.3, -0.25) is 14.4 Å². The Bertz CT molecular complexity index is 424. The molecular weight excluding hydrogens is 286 g/mol. The third-order valence-corrected chi connectivity index (χ3v) is 3.97. The summed E-state index contributed by atoms with van der Waals surface area (Å²) in [6.07, 6.45) is 0.413. The molecule has 2 unspecified atom stereocenters. The van der Waals surface area contributed by atoms with Gasteiger partial charge in [-0.15, -0.1) is 0 Å². The Hall–Kier alpha value is -1.57. The third kappa shape index (κ3) is 4.52. The van der Waals surface area contributed by atoms with Gasteiger partial charge in [-0.05, 0) is 12.8 Å². The van der Waals surface area contributed by atoms with Crippen LogP contribution < -0.4 is 0 Å². The molecule has 112 valence electrons. The highest BCUT2D eigenvalue weighted by Gasteiger charge is 2.38. The first-order valence-corrected chi connectivity index (χ1v) is 7.20. The van der Waals surface area contributed by atoms with Crippen molar-refractivity contribution in [1.82, 2.24) is 4.90 Å². The smallest absolute Gasteiger partial charge is 0.326 e. The van der Waals surface area contributed by atoms with Crippen molar-refractivity contribution in [3.8, 4) is 0 Å². The highest BCUT2D eigenvalue weighted by atomic mass is 32.2. The van der Waals surface area contributed by atoms with Crippen molar-refractivity contribution < 1.29 is 29.4 Å².